The molecule has 2 aromatic heterocycles. The Kier molecular flexibility index (Phi) is 4.74. The number of rotatable bonds is 5. The summed E-state index contributed by atoms with van der Waals surface area (Å²) in [6.07, 6.45) is 3.84. The SMILES string of the molecule is Cc1nc2ccccn2c1CNCC1(c2cccc(F)c2)CCOCC1. The maximum absolute atomic E-state index is 13.8. The highest BCUT2D eigenvalue weighted by atomic mass is 19.1. The summed E-state index contributed by atoms with van der Waals surface area (Å²) in [5, 5.41) is 3.61. The van der Waals surface area contributed by atoms with Crippen LogP contribution < -0.4 is 5.32 Å². The molecule has 5 heteroatoms. The molecule has 0 radical (unpaired) electrons. The summed E-state index contributed by atoms with van der Waals surface area (Å²) in [6, 6.07) is 13.1. The zero-order valence-corrected chi connectivity index (χ0v) is 15.0. The quantitative estimate of drug-likeness (QED) is 0.761. The lowest BCUT2D eigenvalue weighted by atomic mass is 9.74. The molecule has 0 unspecified atom stereocenters. The van der Waals surface area contributed by atoms with Crippen molar-refractivity contribution >= 4 is 5.65 Å². The molecule has 136 valence electrons. The molecule has 4 rings (SSSR count). The molecule has 26 heavy (non-hydrogen) atoms. The van der Waals surface area contributed by atoms with E-state index < -0.39 is 0 Å². The van der Waals surface area contributed by atoms with Gasteiger partial charge in [0.05, 0.1) is 11.4 Å². The number of hydrogen-bond donors (Lipinski definition) is 1. The van der Waals surface area contributed by atoms with Crippen LogP contribution in [0.4, 0.5) is 4.39 Å². The molecule has 0 saturated carbocycles. The summed E-state index contributed by atoms with van der Waals surface area (Å²) in [6.45, 7) is 4.99. The normalized spacial score (nSPS) is 16.8. The number of benzene rings is 1. The molecular formula is C21H24FN3O. The number of imidazole rings is 1. The molecule has 1 saturated heterocycles. The standard InChI is InChI=1S/C21H24FN3O/c1-16-19(25-10-3-2-7-20(25)24-16)14-23-15-21(8-11-26-12-9-21)17-5-4-6-18(22)13-17/h2-7,10,13,23H,8-9,11-12,14-15H2,1H3. The first kappa shape index (κ1) is 17.2. The third kappa shape index (κ3) is 3.24. The number of halogens is 1. The fourth-order valence-corrected chi connectivity index (χ4v) is 3.95. The molecule has 4 nitrogen and oxygen atoms in total. The van der Waals surface area contributed by atoms with Gasteiger partial charge in [-0.05, 0) is 49.6 Å². The van der Waals surface area contributed by atoms with Gasteiger partial charge in [0, 0.05) is 37.9 Å². The monoisotopic (exact) mass is 353 g/mol. The number of nitrogens with zero attached hydrogens (tertiary/aromatic N) is 2. The lowest BCUT2D eigenvalue weighted by Gasteiger charge is -2.38. The van der Waals surface area contributed by atoms with E-state index in [1.165, 1.54) is 11.8 Å². The van der Waals surface area contributed by atoms with Crippen LogP contribution in [0.25, 0.3) is 5.65 Å². The fraction of sp³-hybridized carbons (Fsp3) is 0.381. The highest BCUT2D eigenvalue weighted by molar-refractivity contribution is 5.42. The summed E-state index contributed by atoms with van der Waals surface area (Å²) in [7, 11) is 0. The minimum Gasteiger partial charge on any atom is -0.381 e. The molecule has 3 heterocycles. The van der Waals surface area contributed by atoms with Gasteiger partial charge in [-0.3, -0.25) is 0 Å². The lowest BCUT2D eigenvalue weighted by Crippen LogP contribution is -2.42. The van der Waals surface area contributed by atoms with Crippen molar-refractivity contribution in [2.45, 2.75) is 31.7 Å². The van der Waals surface area contributed by atoms with Gasteiger partial charge in [0.1, 0.15) is 11.5 Å². The van der Waals surface area contributed by atoms with E-state index in [1.807, 2.05) is 37.4 Å². The van der Waals surface area contributed by atoms with Crippen LogP contribution in [0.2, 0.25) is 0 Å². The Balaban J connectivity index is 1.54. The molecule has 0 bridgehead atoms. The first-order chi connectivity index (χ1) is 12.7. The summed E-state index contributed by atoms with van der Waals surface area (Å²) in [5.74, 6) is -0.175. The fourth-order valence-electron chi connectivity index (χ4n) is 3.95. The zero-order valence-electron chi connectivity index (χ0n) is 15.0. The van der Waals surface area contributed by atoms with Gasteiger partial charge in [0.15, 0.2) is 0 Å². The Morgan fingerprint density at radius 1 is 1.19 bits per heavy atom. The van der Waals surface area contributed by atoms with Crippen LogP contribution >= 0.6 is 0 Å². The third-order valence-electron chi connectivity index (χ3n) is 5.47. The van der Waals surface area contributed by atoms with Crippen LogP contribution in [0.3, 0.4) is 0 Å². The number of pyridine rings is 1. The molecule has 1 aromatic carbocycles. The zero-order chi connectivity index (χ0) is 18.0. The molecule has 0 amide bonds. The Labute approximate surface area is 153 Å². The van der Waals surface area contributed by atoms with Crippen molar-refractivity contribution in [1.82, 2.24) is 14.7 Å². The molecule has 0 spiro atoms. The van der Waals surface area contributed by atoms with Gasteiger partial charge in [0.2, 0.25) is 0 Å². The van der Waals surface area contributed by atoms with Crippen LogP contribution in [-0.2, 0) is 16.7 Å². The van der Waals surface area contributed by atoms with E-state index >= 15 is 0 Å². The predicted octanol–water partition coefficient (Wildman–Crippen LogP) is 3.62. The summed E-state index contributed by atoms with van der Waals surface area (Å²) >= 11 is 0. The second-order valence-electron chi connectivity index (χ2n) is 7.08. The van der Waals surface area contributed by atoms with Gasteiger partial charge in [-0.1, -0.05) is 18.2 Å². The smallest absolute Gasteiger partial charge is 0.137 e. The molecule has 0 atom stereocenters. The molecular weight excluding hydrogens is 329 g/mol. The molecule has 1 aliphatic heterocycles. The third-order valence-corrected chi connectivity index (χ3v) is 5.47. The minimum atomic E-state index is -0.175. The average Bonchev–Trinajstić information content (AvgIpc) is 2.98. The van der Waals surface area contributed by atoms with Crippen LogP contribution in [0, 0.1) is 12.7 Å². The number of fused-ring (bicyclic) bond motifs is 1. The van der Waals surface area contributed by atoms with Crippen molar-refractivity contribution in [2.75, 3.05) is 19.8 Å². The number of hydrogen-bond acceptors (Lipinski definition) is 3. The second kappa shape index (κ2) is 7.17. The molecule has 1 N–H and O–H groups in total. The van der Waals surface area contributed by atoms with Gasteiger partial charge in [0.25, 0.3) is 0 Å². The van der Waals surface area contributed by atoms with Gasteiger partial charge in [-0.15, -0.1) is 0 Å². The van der Waals surface area contributed by atoms with Gasteiger partial charge >= 0.3 is 0 Å². The summed E-state index contributed by atoms with van der Waals surface area (Å²) < 4.78 is 21.5. The molecule has 1 aliphatic rings. The summed E-state index contributed by atoms with van der Waals surface area (Å²) in [5.41, 5.74) is 4.14. The number of aryl methyl sites for hydroxylation is 1. The lowest BCUT2D eigenvalue weighted by molar-refractivity contribution is 0.0496. The van der Waals surface area contributed by atoms with E-state index in [0.717, 1.165) is 42.8 Å². The van der Waals surface area contributed by atoms with Crippen molar-refractivity contribution in [3.63, 3.8) is 0 Å². The topological polar surface area (TPSA) is 38.6 Å². The molecule has 3 aromatic rings. The number of aromatic nitrogens is 2. The van der Waals surface area contributed by atoms with Gasteiger partial charge in [-0.2, -0.15) is 0 Å². The number of ether oxygens (including phenoxy) is 1. The minimum absolute atomic E-state index is 0.0885. The van der Waals surface area contributed by atoms with E-state index in [0.29, 0.717) is 13.2 Å². The highest BCUT2D eigenvalue weighted by Crippen LogP contribution is 2.34. The van der Waals surface area contributed by atoms with E-state index in [2.05, 4.69) is 14.7 Å². The van der Waals surface area contributed by atoms with E-state index in [9.17, 15) is 4.39 Å². The maximum atomic E-state index is 13.8. The van der Waals surface area contributed by atoms with Crippen molar-refractivity contribution in [2.24, 2.45) is 0 Å². The first-order valence-electron chi connectivity index (χ1n) is 9.15. The van der Waals surface area contributed by atoms with Gasteiger partial charge < -0.3 is 14.5 Å². The molecule has 1 fully saturated rings. The van der Waals surface area contributed by atoms with E-state index in [4.69, 9.17) is 4.74 Å². The van der Waals surface area contributed by atoms with Crippen molar-refractivity contribution in [3.8, 4) is 0 Å². The van der Waals surface area contributed by atoms with Crippen molar-refractivity contribution in [3.05, 3.63) is 71.4 Å². The Morgan fingerprint density at radius 3 is 2.85 bits per heavy atom. The van der Waals surface area contributed by atoms with Crippen LogP contribution in [-0.4, -0.2) is 29.1 Å². The second-order valence-corrected chi connectivity index (χ2v) is 7.08. The predicted molar refractivity (Wildman–Crippen MR) is 99.8 cm³/mol. The maximum Gasteiger partial charge on any atom is 0.137 e. The first-order valence-corrected chi connectivity index (χ1v) is 9.15. The average molecular weight is 353 g/mol. The van der Waals surface area contributed by atoms with Crippen LogP contribution in [0.1, 0.15) is 29.8 Å². The highest BCUT2D eigenvalue weighted by Gasteiger charge is 2.34. The Bertz CT molecular complexity index is 899. The van der Waals surface area contributed by atoms with Crippen molar-refractivity contribution in [1.29, 1.82) is 0 Å². The number of nitrogens with one attached hydrogen (secondary N) is 1. The van der Waals surface area contributed by atoms with E-state index in [-0.39, 0.29) is 11.2 Å². The van der Waals surface area contributed by atoms with Crippen LogP contribution in [0.15, 0.2) is 48.7 Å². The Hall–Kier alpha value is -2.24. The van der Waals surface area contributed by atoms with E-state index in [1.54, 1.807) is 12.1 Å². The summed E-state index contributed by atoms with van der Waals surface area (Å²) in [4.78, 5) is 4.62. The van der Waals surface area contributed by atoms with Crippen molar-refractivity contribution < 1.29 is 9.13 Å². The largest absolute Gasteiger partial charge is 0.381 e. The Morgan fingerprint density at radius 2 is 2.04 bits per heavy atom. The molecule has 0 aliphatic carbocycles. The van der Waals surface area contributed by atoms with Gasteiger partial charge in [-0.25, -0.2) is 9.37 Å². The van der Waals surface area contributed by atoms with Crippen LogP contribution in [0.5, 0.6) is 0 Å².